The van der Waals surface area contributed by atoms with Gasteiger partial charge < -0.3 is 20.1 Å². The maximum Gasteiger partial charge on any atom is 0.573 e. The zero-order chi connectivity index (χ0) is 31.4. The standard InChI is InChI=1S/C24H31F3N2O2.C6H10O.C3H8/c1-5-8-19(7-3)23(22(9-6-2)29-14-18(15-29)16-30)17(4)28-20-10-12-21(13-11-20)31-24(25,26)27;1-3-5-6(7)4-2;1-3-2/h6,8-13,18,28,30H,4-5,7,14-16H2,1-3H3;4H,2-3,5H2,1H3;3H2,1-2H3/b9-6-,19-8+,23-22-;;. The van der Waals surface area contributed by atoms with Crippen LogP contribution in [0.2, 0.25) is 0 Å². The minimum absolute atomic E-state index is 0.141. The first kappa shape index (κ1) is 37.7. The molecule has 0 radical (unpaired) electrons. The Morgan fingerprint density at radius 2 is 1.73 bits per heavy atom. The smallest absolute Gasteiger partial charge is 0.406 e. The number of hydrogen-bond donors (Lipinski definition) is 2. The highest BCUT2D eigenvalue weighted by Crippen LogP contribution is 2.33. The molecular formula is C33H49F3N2O3. The highest BCUT2D eigenvalue weighted by atomic mass is 19.4. The number of rotatable bonds is 13. The van der Waals surface area contributed by atoms with Crippen molar-refractivity contribution in [2.75, 3.05) is 25.0 Å². The van der Waals surface area contributed by atoms with E-state index in [1.165, 1.54) is 36.8 Å². The minimum atomic E-state index is -4.72. The summed E-state index contributed by atoms with van der Waals surface area (Å²) in [6.45, 7) is 21.6. The zero-order valence-corrected chi connectivity index (χ0v) is 25.6. The Labute approximate surface area is 245 Å². The fourth-order valence-electron chi connectivity index (χ4n) is 3.89. The van der Waals surface area contributed by atoms with Gasteiger partial charge in [0.15, 0.2) is 5.78 Å². The van der Waals surface area contributed by atoms with Crippen LogP contribution in [0.15, 0.2) is 84.3 Å². The van der Waals surface area contributed by atoms with Gasteiger partial charge in [0, 0.05) is 54.7 Å². The van der Waals surface area contributed by atoms with Crippen molar-refractivity contribution < 1.29 is 27.8 Å². The topological polar surface area (TPSA) is 61.8 Å². The summed E-state index contributed by atoms with van der Waals surface area (Å²) in [7, 11) is 0. The summed E-state index contributed by atoms with van der Waals surface area (Å²) in [5.74, 6) is 0.122. The number of alkyl halides is 3. The Hall–Kier alpha value is -3.26. The van der Waals surface area contributed by atoms with E-state index in [1.807, 2.05) is 26.0 Å². The average Bonchev–Trinajstić information content (AvgIpc) is 2.89. The maximum absolute atomic E-state index is 12.4. The van der Waals surface area contributed by atoms with Crippen LogP contribution in [0.4, 0.5) is 18.9 Å². The summed E-state index contributed by atoms with van der Waals surface area (Å²) in [6.07, 6.45) is 7.30. The monoisotopic (exact) mass is 578 g/mol. The van der Waals surface area contributed by atoms with E-state index >= 15 is 0 Å². The minimum Gasteiger partial charge on any atom is -0.406 e. The van der Waals surface area contributed by atoms with Crippen LogP contribution in [0.25, 0.3) is 0 Å². The van der Waals surface area contributed by atoms with Crippen LogP contribution < -0.4 is 10.1 Å². The molecule has 1 aromatic carbocycles. The molecule has 1 aliphatic rings. The van der Waals surface area contributed by atoms with Crippen molar-refractivity contribution in [2.24, 2.45) is 5.92 Å². The molecule has 1 aromatic rings. The van der Waals surface area contributed by atoms with Crippen molar-refractivity contribution in [1.82, 2.24) is 4.90 Å². The van der Waals surface area contributed by atoms with Crippen molar-refractivity contribution in [2.45, 2.75) is 80.0 Å². The van der Waals surface area contributed by atoms with Gasteiger partial charge in [-0.1, -0.05) is 66.3 Å². The van der Waals surface area contributed by atoms with Gasteiger partial charge in [-0.05, 0) is 68.2 Å². The molecule has 1 aliphatic heterocycles. The predicted octanol–water partition coefficient (Wildman–Crippen LogP) is 8.97. The third-order valence-corrected chi connectivity index (χ3v) is 5.70. The van der Waals surface area contributed by atoms with Crippen LogP contribution in [-0.4, -0.2) is 41.8 Å². The van der Waals surface area contributed by atoms with Crippen molar-refractivity contribution in [3.63, 3.8) is 0 Å². The van der Waals surface area contributed by atoms with Crippen LogP contribution in [0.1, 0.15) is 73.6 Å². The molecule has 1 saturated heterocycles. The predicted molar refractivity (Wildman–Crippen MR) is 165 cm³/mol. The van der Waals surface area contributed by atoms with Crippen molar-refractivity contribution in [1.29, 1.82) is 0 Å². The first-order valence-electron chi connectivity index (χ1n) is 14.3. The molecule has 0 unspecified atom stereocenters. The molecule has 2 N–H and O–H groups in total. The number of nitrogens with zero attached hydrogens (tertiary/aromatic N) is 1. The van der Waals surface area contributed by atoms with Gasteiger partial charge in [0.1, 0.15) is 5.75 Å². The lowest BCUT2D eigenvalue weighted by Crippen LogP contribution is -2.47. The normalized spacial score (nSPS) is 14.1. The number of carbonyl (C=O) groups is 1. The van der Waals surface area contributed by atoms with Crippen LogP contribution in [0.5, 0.6) is 5.75 Å². The molecule has 0 spiro atoms. The van der Waals surface area contributed by atoms with E-state index in [1.54, 1.807) is 0 Å². The number of anilines is 1. The lowest BCUT2D eigenvalue weighted by atomic mass is 9.92. The lowest BCUT2D eigenvalue weighted by molar-refractivity contribution is -0.274. The first-order chi connectivity index (χ1) is 19.4. The van der Waals surface area contributed by atoms with Crippen LogP contribution in [-0.2, 0) is 4.79 Å². The van der Waals surface area contributed by atoms with Gasteiger partial charge >= 0.3 is 6.36 Å². The Bertz CT molecular complexity index is 1020. The lowest BCUT2D eigenvalue weighted by Gasteiger charge is -2.42. The number of carbonyl (C=O) groups excluding carboxylic acids is 1. The number of aliphatic hydroxyl groups is 1. The number of halogens is 3. The van der Waals surface area contributed by atoms with Crippen molar-refractivity contribution >= 4 is 11.5 Å². The zero-order valence-electron chi connectivity index (χ0n) is 25.6. The quantitative estimate of drug-likeness (QED) is 0.181. The molecule has 2 rings (SSSR count). The SMILES string of the molecule is C=C(Nc1ccc(OC(F)(F)F)cc1)C(/C(=C/CC)CC)=C(\C=C/C)N1CC(CO)C1.C=CC(=O)CCC.CCC. The van der Waals surface area contributed by atoms with E-state index in [2.05, 4.69) is 61.9 Å². The van der Waals surface area contributed by atoms with E-state index in [0.717, 1.165) is 49.2 Å². The summed E-state index contributed by atoms with van der Waals surface area (Å²) in [5, 5.41) is 12.6. The highest BCUT2D eigenvalue weighted by Gasteiger charge is 2.31. The van der Waals surface area contributed by atoms with E-state index in [4.69, 9.17) is 0 Å². The number of hydrogen-bond acceptors (Lipinski definition) is 5. The summed E-state index contributed by atoms with van der Waals surface area (Å²) in [6, 6.07) is 5.59. The summed E-state index contributed by atoms with van der Waals surface area (Å²) in [4.78, 5) is 12.5. The summed E-state index contributed by atoms with van der Waals surface area (Å²) >= 11 is 0. The number of allylic oxidation sites excluding steroid dienone is 5. The number of ketones is 1. The van der Waals surface area contributed by atoms with Crippen LogP contribution in [0, 0.1) is 5.92 Å². The molecule has 1 heterocycles. The molecule has 0 bridgehead atoms. The van der Waals surface area contributed by atoms with Gasteiger partial charge in [-0.25, -0.2) is 0 Å². The fraction of sp³-hybridized carbons (Fsp3) is 0.485. The molecule has 1 fully saturated rings. The summed E-state index contributed by atoms with van der Waals surface area (Å²) in [5.41, 5.74) is 4.39. The Morgan fingerprint density at radius 3 is 2.12 bits per heavy atom. The Kier molecular flexibility index (Phi) is 19.0. The number of aliphatic hydroxyl groups excluding tert-OH is 1. The van der Waals surface area contributed by atoms with Gasteiger partial charge in [0.2, 0.25) is 0 Å². The van der Waals surface area contributed by atoms with Gasteiger partial charge in [-0.3, -0.25) is 4.79 Å². The molecule has 0 saturated carbocycles. The number of ether oxygens (including phenoxy) is 1. The van der Waals surface area contributed by atoms with E-state index in [9.17, 15) is 23.1 Å². The first-order valence-corrected chi connectivity index (χ1v) is 14.3. The van der Waals surface area contributed by atoms with Crippen molar-refractivity contribution in [3.8, 4) is 5.75 Å². The molecule has 230 valence electrons. The second-order valence-corrected chi connectivity index (χ2v) is 9.51. The van der Waals surface area contributed by atoms with Crippen LogP contribution in [0.3, 0.4) is 0 Å². The van der Waals surface area contributed by atoms with Gasteiger partial charge in [0.25, 0.3) is 0 Å². The molecule has 0 aromatic heterocycles. The molecule has 0 amide bonds. The number of benzene rings is 1. The second kappa shape index (κ2) is 20.6. The molecule has 0 atom stereocenters. The fourth-order valence-corrected chi connectivity index (χ4v) is 3.89. The molecule has 5 nitrogen and oxygen atoms in total. The second-order valence-electron chi connectivity index (χ2n) is 9.51. The molecule has 8 heteroatoms. The molecule has 41 heavy (non-hydrogen) atoms. The summed E-state index contributed by atoms with van der Waals surface area (Å²) < 4.78 is 41.1. The van der Waals surface area contributed by atoms with E-state index < -0.39 is 6.36 Å². The largest absolute Gasteiger partial charge is 0.573 e. The average molecular weight is 579 g/mol. The highest BCUT2D eigenvalue weighted by molar-refractivity contribution is 5.88. The van der Waals surface area contributed by atoms with E-state index in [-0.39, 0.29) is 24.1 Å². The third-order valence-electron chi connectivity index (χ3n) is 5.70. The van der Waals surface area contributed by atoms with Gasteiger partial charge in [0.05, 0.1) is 0 Å². The van der Waals surface area contributed by atoms with Crippen LogP contribution >= 0.6 is 0 Å². The van der Waals surface area contributed by atoms with Gasteiger partial charge in [-0.2, -0.15) is 0 Å². The number of nitrogens with one attached hydrogen (secondary N) is 1. The third kappa shape index (κ3) is 14.8. The van der Waals surface area contributed by atoms with Gasteiger partial charge in [-0.15, -0.1) is 13.2 Å². The Balaban J connectivity index is 0.00000137. The molecular weight excluding hydrogens is 529 g/mol. The van der Waals surface area contributed by atoms with E-state index in [0.29, 0.717) is 17.8 Å². The maximum atomic E-state index is 12.4. The number of likely N-dealkylation sites (tertiary alicyclic amines) is 1. The molecule has 0 aliphatic carbocycles. The van der Waals surface area contributed by atoms with Crippen molar-refractivity contribution in [3.05, 3.63) is 84.3 Å². The Morgan fingerprint density at radius 1 is 1.15 bits per heavy atom.